The van der Waals surface area contributed by atoms with Crippen LogP contribution in [0.4, 0.5) is 5.82 Å². The minimum atomic E-state index is 0.700. The molecular weight excluding hydrogens is 246 g/mol. The molecule has 1 aliphatic rings. The van der Waals surface area contributed by atoms with Gasteiger partial charge >= 0.3 is 0 Å². The van der Waals surface area contributed by atoms with Crippen molar-refractivity contribution in [2.45, 2.75) is 33.1 Å². The van der Waals surface area contributed by atoms with Crippen LogP contribution in [0.1, 0.15) is 36.0 Å². The average Bonchev–Trinajstić information content (AvgIpc) is 2.47. The Balaban J connectivity index is 2.18. The van der Waals surface area contributed by atoms with Gasteiger partial charge in [-0.15, -0.1) is 0 Å². The summed E-state index contributed by atoms with van der Waals surface area (Å²) in [4.78, 5) is 7.06. The number of anilines is 1. The normalized spacial score (nSPS) is 15.3. The monoisotopic (exact) mass is 265 g/mol. The maximum Gasteiger partial charge on any atom is 0.147 e. The van der Waals surface area contributed by atoms with Crippen LogP contribution in [0.5, 0.6) is 0 Å². The Hall–Kier alpha value is -2.08. The lowest BCUT2D eigenvalue weighted by atomic mass is 10.0. The third-order valence-corrected chi connectivity index (χ3v) is 4.04. The van der Waals surface area contributed by atoms with Crippen LogP contribution in [0.2, 0.25) is 0 Å². The average molecular weight is 265 g/mol. The molecule has 20 heavy (non-hydrogen) atoms. The van der Waals surface area contributed by atoms with Crippen molar-refractivity contribution in [3.8, 4) is 6.07 Å². The van der Waals surface area contributed by atoms with E-state index in [1.54, 1.807) is 0 Å². The van der Waals surface area contributed by atoms with Crippen molar-refractivity contribution in [3.05, 3.63) is 34.9 Å². The summed E-state index contributed by atoms with van der Waals surface area (Å²) < 4.78 is 0. The molecule has 2 heterocycles. The maximum absolute atomic E-state index is 9.44. The molecule has 102 valence electrons. The third kappa shape index (κ3) is 2.22. The molecule has 1 aliphatic heterocycles. The fourth-order valence-electron chi connectivity index (χ4n) is 3.05. The number of hydrogen-bond acceptors (Lipinski definition) is 3. The Bertz CT molecular complexity index is 691. The molecule has 0 unspecified atom stereocenters. The SMILES string of the molecule is Cc1cc(C)c2cc(C#N)c(N3CCCCC3)nc2c1. The minimum Gasteiger partial charge on any atom is -0.356 e. The zero-order valence-corrected chi connectivity index (χ0v) is 12.1. The van der Waals surface area contributed by atoms with Gasteiger partial charge in [-0.1, -0.05) is 6.07 Å². The van der Waals surface area contributed by atoms with Crippen LogP contribution in [0.15, 0.2) is 18.2 Å². The van der Waals surface area contributed by atoms with Gasteiger partial charge in [0, 0.05) is 18.5 Å². The number of rotatable bonds is 1. The lowest BCUT2D eigenvalue weighted by molar-refractivity contribution is 0.573. The number of pyridine rings is 1. The summed E-state index contributed by atoms with van der Waals surface area (Å²) in [5.74, 6) is 0.865. The first-order valence-corrected chi connectivity index (χ1v) is 7.26. The second-order valence-corrected chi connectivity index (χ2v) is 5.67. The van der Waals surface area contributed by atoms with E-state index in [1.165, 1.54) is 30.4 Å². The fourth-order valence-corrected chi connectivity index (χ4v) is 3.05. The largest absolute Gasteiger partial charge is 0.356 e. The first-order chi connectivity index (χ1) is 9.69. The quantitative estimate of drug-likeness (QED) is 0.789. The van der Waals surface area contributed by atoms with Crippen molar-refractivity contribution >= 4 is 16.7 Å². The molecule has 1 aromatic heterocycles. The standard InChI is InChI=1S/C17H19N3/c1-12-8-13(2)15-10-14(11-18)17(19-16(15)9-12)20-6-4-3-5-7-20/h8-10H,3-7H2,1-2H3. The van der Waals surface area contributed by atoms with E-state index in [0.717, 1.165) is 29.8 Å². The summed E-state index contributed by atoms with van der Waals surface area (Å²) in [6.45, 7) is 6.20. The van der Waals surface area contributed by atoms with Gasteiger partial charge in [-0.3, -0.25) is 0 Å². The van der Waals surface area contributed by atoms with Crippen LogP contribution in [0, 0.1) is 25.2 Å². The third-order valence-electron chi connectivity index (χ3n) is 4.04. The molecule has 0 bridgehead atoms. The molecule has 0 amide bonds. The second-order valence-electron chi connectivity index (χ2n) is 5.67. The van der Waals surface area contributed by atoms with Crippen molar-refractivity contribution in [1.29, 1.82) is 5.26 Å². The smallest absolute Gasteiger partial charge is 0.147 e. The van der Waals surface area contributed by atoms with Crippen molar-refractivity contribution in [3.63, 3.8) is 0 Å². The maximum atomic E-state index is 9.44. The van der Waals surface area contributed by atoms with E-state index in [9.17, 15) is 5.26 Å². The summed E-state index contributed by atoms with van der Waals surface area (Å²) in [7, 11) is 0. The van der Waals surface area contributed by atoms with Crippen molar-refractivity contribution in [1.82, 2.24) is 4.98 Å². The van der Waals surface area contributed by atoms with Crippen LogP contribution >= 0.6 is 0 Å². The van der Waals surface area contributed by atoms with Gasteiger partial charge in [0.2, 0.25) is 0 Å². The zero-order chi connectivity index (χ0) is 14.1. The second kappa shape index (κ2) is 5.13. The Morgan fingerprint density at radius 3 is 2.55 bits per heavy atom. The number of piperidine rings is 1. The lowest BCUT2D eigenvalue weighted by Gasteiger charge is -2.28. The minimum absolute atomic E-state index is 0.700. The summed E-state index contributed by atoms with van der Waals surface area (Å²) in [6, 6.07) is 8.58. The van der Waals surface area contributed by atoms with Crippen molar-refractivity contribution in [2.75, 3.05) is 18.0 Å². The van der Waals surface area contributed by atoms with Gasteiger partial charge in [0.1, 0.15) is 11.9 Å². The number of hydrogen-bond donors (Lipinski definition) is 0. The molecular formula is C17H19N3. The van der Waals surface area contributed by atoms with Crippen LogP contribution in [0.25, 0.3) is 10.9 Å². The molecule has 0 spiro atoms. The molecule has 0 aliphatic carbocycles. The van der Waals surface area contributed by atoms with E-state index in [4.69, 9.17) is 4.98 Å². The summed E-state index contributed by atoms with van der Waals surface area (Å²) in [5.41, 5.74) is 4.11. The Morgan fingerprint density at radius 2 is 1.85 bits per heavy atom. The van der Waals surface area contributed by atoms with Crippen LogP contribution in [-0.4, -0.2) is 18.1 Å². The van der Waals surface area contributed by atoms with E-state index in [-0.39, 0.29) is 0 Å². The predicted molar refractivity (Wildman–Crippen MR) is 82.0 cm³/mol. The molecule has 1 fully saturated rings. The van der Waals surface area contributed by atoms with E-state index in [0.29, 0.717) is 5.56 Å². The van der Waals surface area contributed by atoms with Gasteiger partial charge in [-0.2, -0.15) is 5.26 Å². The molecule has 0 saturated carbocycles. The fraction of sp³-hybridized carbons (Fsp3) is 0.412. The van der Waals surface area contributed by atoms with Gasteiger partial charge in [0.15, 0.2) is 0 Å². The van der Waals surface area contributed by atoms with E-state index in [1.807, 2.05) is 6.07 Å². The Kier molecular flexibility index (Phi) is 3.31. The highest BCUT2D eigenvalue weighted by Crippen LogP contribution is 2.28. The Labute approximate surface area is 119 Å². The number of nitrogens with zero attached hydrogens (tertiary/aromatic N) is 3. The van der Waals surface area contributed by atoms with Crippen molar-refractivity contribution in [2.24, 2.45) is 0 Å². The van der Waals surface area contributed by atoms with Gasteiger partial charge in [-0.25, -0.2) is 4.98 Å². The lowest BCUT2D eigenvalue weighted by Crippen LogP contribution is -2.30. The number of fused-ring (bicyclic) bond motifs is 1. The molecule has 3 nitrogen and oxygen atoms in total. The summed E-state index contributed by atoms with van der Waals surface area (Å²) >= 11 is 0. The molecule has 0 radical (unpaired) electrons. The molecule has 0 N–H and O–H groups in total. The number of aromatic nitrogens is 1. The number of aryl methyl sites for hydroxylation is 2. The topological polar surface area (TPSA) is 39.9 Å². The van der Waals surface area contributed by atoms with E-state index in [2.05, 4.69) is 36.9 Å². The number of benzene rings is 1. The highest BCUT2D eigenvalue weighted by atomic mass is 15.2. The molecule has 3 heteroatoms. The first-order valence-electron chi connectivity index (χ1n) is 7.26. The molecule has 1 saturated heterocycles. The zero-order valence-electron chi connectivity index (χ0n) is 12.1. The molecule has 0 atom stereocenters. The predicted octanol–water partition coefficient (Wildman–Crippen LogP) is 3.71. The molecule has 3 rings (SSSR count). The highest BCUT2D eigenvalue weighted by Gasteiger charge is 2.17. The highest BCUT2D eigenvalue weighted by molar-refractivity contribution is 5.86. The van der Waals surface area contributed by atoms with Crippen LogP contribution in [0.3, 0.4) is 0 Å². The van der Waals surface area contributed by atoms with Gasteiger partial charge in [-0.05, 0) is 56.4 Å². The Morgan fingerprint density at radius 1 is 1.10 bits per heavy atom. The summed E-state index contributed by atoms with van der Waals surface area (Å²) in [6.07, 6.45) is 3.67. The van der Waals surface area contributed by atoms with E-state index < -0.39 is 0 Å². The van der Waals surface area contributed by atoms with Gasteiger partial charge in [0.05, 0.1) is 11.1 Å². The van der Waals surface area contributed by atoms with E-state index >= 15 is 0 Å². The van der Waals surface area contributed by atoms with Gasteiger partial charge < -0.3 is 4.90 Å². The van der Waals surface area contributed by atoms with Gasteiger partial charge in [0.25, 0.3) is 0 Å². The number of nitriles is 1. The summed E-state index contributed by atoms with van der Waals surface area (Å²) in [5, 5.41) is 10.5. The molecule has 2 aromatic rings. The molecule has 1 aromatic carbocycles. The van der Waals surface area contributed by atoms with Crippen molar-refractivity contribution < 1.29 is 0 Å². The van der Waals surface area contributed by atoms with Crippen LogP contribution < -0.4 is 4.90 Å². The van der Waals surface area contributed by atoms with Crippen LogP contribution in [-0.2, 0) is 0 Å². The first kappa shape index (κ1) is 12.9.